The van der Waals surface area contributed by atoms with Crippen molar-refractivity contribution in [3.63, 3.8) is 0 Å². The summed E-state index contributed by atoms with van der Waals surface area (Å²) < 4.78 is 1.03. The lowest BCUT2D eigenvalue weighted by Crippen LogP contribution is -2.27. The summed E-state index contributed by atoms with van der Waals surface area (Å²) in [6.07, 6.45) is 4.85. The van der Waals surface area contributed by atoms with Crippen LogP contribution in [-0.2, 0) is 4.79 Å². The lowest BCUT2D eigenvalue weighted by Gasteiger charge is -2.17. The molecule has 0 radical (unpaired) electrons. The first-order chi connectivity index (χ1) is 10.1. The average Bonchev–Trinajstić information content (AvgIpc) is 2.45. The van der Waals surface area contributed by atoms with E-state index in [0.29, 0.717) is 18.9 Å². The summed E-state index contributed by atoms with van der Waals surface area (Å²) >= 11 is 3.46. The molecule has 0 aromatic heterocycles. The Kier molecular flexibility index (Phi) is 8.62. The molecule has 0 heterocycles. The molecule has 4 heteroatoms. The number of nitrogens with one attached hydrogen (secondary N) is 1. The van der Waals surface area contributed by atoms with E-state index in [4.69, 9.17) is 5.73 Å². The molecule has 0 aliphatic rings. The second-order valence-electron chi connectivity index (χ2n) is 5.61. The van der Waals surface area contributed by atoms with Crippen LogP contribution < -0.4 is 11.1 Å². The fraction of sp³-hybridized carbons (Fsp3) is 0.588. The van der Waals surface area contributed by atoms with Crippen LogP contribution in [0.25, 0.3) is 0 Å². The number of rotatable bonds is 9. The molecule has 3 N–H and O–H groups in total. The van der Waals surface area contributed by atoms with Gasteiger partial charge < -0.3 is 11.1 Å². The molecular formula is C17H27BrN2O. The standard InChI is InChI=1S/C17H27BrN2O/c1-3-5-14(10-11-19)8-9-17(21)20-13(2)15-6-4-7-16(18)12-15/h4,6-7,12-14H,3,5,8-11,19H2,1-2H3,(H,20,21)/t13-,14?/m0/s1. The van der Waals surface area contributed by atoms with Crippen LogP contribution in [0.4, 0.5) is 0 Å². The van der Waals surface area contributed by atoms with E-state index >= 15 is 0 Å². The van der Waals surface area contributed by atoms with E-state index < -0.39 is 0 Å². The van der Waals surface area contributed by atoms with Crippen LogP contribution in [0.15, 0.2) is 28.7 Å². The topological polar surface area (TPSA) is 55.1 Å². The normalized spacial score (nSPS) is 13.7. The first-order valence-corrected chi connectivity index (χ1v) is 8.61. The molecule has 1 aromatic rings. The van der Waals surface area contributed by atoms with Crippen LogP contribution in [0.1, 0.15) is 57.6 Å². The zero-order chi connectivity index (χ0) is 15.7. The van der Waals surface area contributed by atoms with Gasteiger partial charge in [0.2, 0.25) is 5.91 Å². The average molecular weight is 355 g/mol. The number of hydrogen-bond donors (Lipinski definition) is 2. The monoisotopic (exact) mass is 354 g/mol. The Bertz CT molecular complexity index is 431. The largest absolute Gasteiger partial charge is 0.350 e. The van der Waals surface area contributed by atoms with Crippen LogP contribution in [0.5, 0.6) is 0 Å². The maximum Gasteiger partial charge on any atom is 0.220 e. The maximum atomic E-state index is 12.1. The molecule has 1 amide bonds. The second-order valence-corrected chi connectivity index (χ2v) is 6.53. The molecular weight excluding hydrogens is 328 g/mol. The molecule has 1 rings (SSSR count). The Balaban J connectivity index is 2.42. The van der Waals surface area contributed by atoms with Gasteiger partial charge in [-0.05, 0) is 49.9 Å². The molecule has 0 aliphatic heterocycles. The molecule has 0 aliphatic carbocycles. The number of halogens is 1. The summed E-state index contributed by atoms with van der Waals surface area (Å²) in [6.45, 7) is 4.91. The van der Waals surface area contributed by atoms with Crippen molar-refractivity contribution in [3.05, 3.63) is 34.3 Å². The highest BCUT2D eigenvalue weighted by molar-refractivity contribution is 9.10. The first-order valence-electron chi connectivity index (χ1n) is 7.81. The number of hydrogen-bond acceptors (Lipinski definition) is 2. The van der Waals surface area contributed by atoms with Gasteiger partial charge in [-0.25, -0.2) is 0 Å². The smallest absolute Gasteiger partial charge is 0.220 e. The zero-order valence-corrected chi connectivity index (χ0v) is 14.7. The molecule has 0 fully saturated rings. The molecule has 1 aromatic carbocycles. The third-order valence-electron chi connectivity index (χ3n) is 3.78. The van der Waals surface area contributed by atoms with Gasteiger partial charge in [0.05, 0.1) is 6.04 Å². The van der Waals surface area contributed by atoms with Gasteiger partial charge in [-0.3, -0.25) is 4.79 Å². The van der Waals surface area contributed by atoms with Crippen LogP contribution in [0, 0.1) is 5.92 Å². The van der Waals surface area contributed by atoms with Crippen LogP contribution in [0.3, 0.4) is 0 Å². The van der Waals surface area contributed by atoms with Gasteiger partial charge in [0, 0.05) is 10.9 Å². The van der Waals surface area contributed by atoms with E-state index in [0.717, 1.165) is 35.7 Å². The SMILES string of the molecule is CCCC(CCN)CCC(=O)N[C@@H](C)c1cccc(Br)c1. The summed E-state index contributed by atoms with van der Waals surface area (Å²) in [5, 5.41) is 3.07. The Morgan fingerprint density at radius 2 is 2.10 bits per heavy atom. The van der Waals surface area contributed by atoms with Gasteiger partial charge in [0.25, 0.3) is 0 Å². The van der Waals surface area contributed by atoms with Gasteiger partial charge in [0.1, 0.15) is 0 Å². The van der Waals surface area contributed by atoms with Crippen molar-refractivity contribution in [3.8, 4) is 0 Å². The fourth-order valence-corrected chi connectivity index (χ4v) is 3.00. The van der Waals surface area contributed by atoms with Gasteiger partial charge in [-0.15, -0.1) is 0 Å². The number of nitrogens with two attached hydrogens (primary N) is 1. The Labute approximate surface area is 136 Å². The molecule has 3 nitrogen and oxygen atoms in total. The molecule has 0 spiro atoms. The van der Waals surface area contributed by atoms with Crippen LogP contribution >= 0.6 is 15.9 Å². The van der Waals surface area contributed by atoms with Crippen molar-refractivity contribution in [2.24, 2.45) is 11.7 Å². The molecule has 0 saturated carbocycles. The van der Waals surface area contributed by atoms with E-state index in [9.17, 15) is 4.79 Å². The molecule has 2 atom stereocenters. The van der Waals surface area contributed by atoms with Crippen molar-refractivity contribution < 1.29 is 4.79 Å². The summed E-state index contributed by atoms with van der Waals surface area (Å²) in [5.41, 5.74) is 6.75. The number of carbonyl (C=O) groups excluding carboxylic acids is 1. The molecule has 0 saturated heterocycles. The summed E-state index contributed by atoms with van der Waals surface area (Å²) in [7, 11) is 0. The molecule has 1 unspecified atom stereocenters. The highest BCUT2D eigenvalue weighted by atomic mass is 79.9. The minimum atomic E-state index is 0.0362. The molecule has 118 valence electrons. The van der Waals surface area contributed by atoms with E-state index in [1.54, 1.807) is 0 Å². The van der Waals surface area contributed by atoms with Gasteiger partial charge in [-0.2, -0.15) is 0 Å². The highest BCUT2D eigenvalue weighted by Gasteiger charge is 2.13. The maximum absolute atomic E-state index is 12.1. The first kappa shape index (κ1) is 18.2. The molecule has 21 heavy (non-hydrogen) atoms. The van der Waals surface area contributed by atoms with Gasteiger partial charge >= 0.3 is 0 Å². The van der Waals surface area contributed by atoms with Crippen molar-refractivity contribution >= 4 is 21.8 Å². The van der Waals surface area contributed by atoms with E-state index in [1.807, 2.05) is 31.2 Å². The van der Waals surface area contributed by atoms with E-state index in [-0.39, 0.29) is 11.9 Å². The Morgan fingerprint density at radius 3 is 2.71 bits per heavy atom. The zero-order valence-electron chi connectivity index (χ0n) is 13.1. The minimum absolute atomic E-state index is 0.0362. The Morgan fingerprint density at radius 1 is 1.33 bits per heavy atom. The third kappa shape index (κ3) is 7.09. The minimum Gasteiger partial charge on any atom is -0.350 e. The lowest BCUT2D eigenvalue weighted by atomic mass is 9.94. The predicted octanol–water partition coefficient (Wildman–Crippen LogP) is 4.17. The van der Waals surface area contributed by atoms with Crippen molar-refractivity contribution in [1.29, 1.82) is 0 Å². The van der Waals surface area contributed by atoms with Crippen molar-refractivity contribution in [2.75, 3.05) is 6.54 Å². The molecule has 0 bridgehead atoms. The van der Waals surface area contributed by atoms with Gasteiger partial charge in [-0.1, -0.05) is 47.8 Å². The summed E-state index contributed by atoms with van der Waals surface area (Å²) in [5.74, 6) is 0.701. The van der Waals surface area contributed by atoms with Crippen LogP contribution in [-0.4, -0.2) is 12.5 Å². The number of benzene rings is 1. The van der Waals surface area contributed by atoms with Crippen molar-refractivity contribution in [2.45, 2.75) is 52.0 Å². The van der Waals surface area contributed by atoms with Gasteiger partial charge in [0.15, 0.2) is 0 Å². The number of amides is 1. The quantitative estimate of drug-likeness (QED) is 0.698. The van der Waals surface area contributed by atoms with Crippen molar-refractivity contribution in [1.82, 2.24) is 5.32 Å². The van der Waals surface area contributed by atoms with E-state index in [1.165, 1.54) is 0 Å². The number of carbonyl (C=O) groups is 1. The highest BCUT2D eigenvalue weighted by Crippen LogP contribution is 2.19. The lowest BCUT2D eigenvalue weighted by molar-refractivity contribution is -0.122. The third-order valence-corrected chi connectivity index (χ3v) is 4.27. The second kappa shape index (κ2) is 9.96. The van der Waals surface area contributed by atoms with Crippen LogP contribution in [0.2, 0.25) is 0 Å². The fourth-order valence-electron chi connectivity index (χ4n) is 2.59. The van der Waals surface area contributed by atoms with E-state index in [2.05, 4.69) is 28.2 Å². The summed E-state index contributed by atoms with van der Waals surface area (Å²) in [4.78, 5) is 12.1. The Hall–Kier alpha value is -0.870. The predicted molar refractivity (Wildman–Crippen MR) is 92.0 cm³/mol. The summed E-state index contributed by atoms with van der Waals surface area (Å²) in [6, 6.07) is 8.08.